The van der Waals surface area contributed by atoms with Gasteiger partial charge in [-0.25, -0.2) is 0 Å². The van der Waals surface area contributed by atoms with Crippen molar-refractivity contribution in [2.75, 3.05) is 11.5 Å². The van der Waals surface area contributed by atoms with Gasteiger partial charge in [0.2, 0.25) is 0 Å². The van der Waals surface area contributed by atoms with Gasteiger partial charge in [-0.2, -0.15) is 0 Å². The van der Waals surface area contributed by atoms with Gasteiger partial charge in [0.25, 0.3) is 0 Å². The molecule has 1 aromatic rings. The Morgan fingerprint density at radius 1 is 1.38 bits per heavy atom. The van der Waals surface area contributed by atoms with E-state index in [0.29, 0.717) is 4.58 Å². The van der Waals surface area contributed by atoms with E-state index in [1.807, 2.05) is 30.0 Å². The molecule has 16 heavy (non-hydrogen) atoms. The number of hydrogen-bond donors (Lipinski definition) is 0. The van der Waals surface area contributed by atoms with Gasteiger partial charge in [-0.05, 0) is 24.2 Å². The summed E-state index contributed by atoms with van der Waals surface area (Å²) in [7, 11) is -0.624. The molecule has 3 heteroatoms. The van der Waals surface area contributed by atoms with Gasteiger partial charge in [-0.15, -0.1) is 11.8 Å². The average Bonchev–Trinajstić information content (AvgIpc) is 2.33. The second-order valence-corrected chi connectivity index (χ2v) is 7.14. The zero-order valence-corrected chi connectivity index (χ0v) is 10.8. The van der Waals surface area contributed by atoms with E-state index in [4.69, 9.17) is 0 Å². The highest BCUT2D eigenvalue weighted by Crippen LogP contribution is 2.25. The molecule has 2 rings (SSSR count). The second kappa shape index (κ2) is 6.26. The molecule has 0 spiro atoms. The highest BCUT2D eigenvalue weighted by atomic mass is 32.2. The van der Waals surface area contributed by atoms with E-state index in [-0.39, 0.29) is 0 Å². The van der Waals surface area contributed by atoms with E-state index >= 15 is 0 Å². The Balaban J connectivity index is 1.87. The van der Waals surface area contributed by atoms with Crippen LogP contribution in [0.5, 0.6) is 0 Å². The standard InChI is InChI=1S/C13H16OS2/c14-16-11-5-10-15-13(16)9-4-8-12-6-2-1-3-7-12/h1-4,6-8,13H,5,9-11H2/b8-4+/t13-,16?/m0/s1. The topological polar surface area (TPSA) is 17.1 Å². The molecule has 0 amide bonds. The Hall–Kier alpha value is -0.540. The minimum absolute atomic E-state index is 0.314. The quantitative estimate of drug-likeness (QED) is 0.821. The fourth-order valence-electron chi connectivity index (χ4n) is 1.68. The Bertz CT molecular complexity index is 373. The monoisotopic (exact) mass is 252 g/mol. The molecule has 1 aromatic carbocycles. The highest BCUT2D eigenvalue weighted by molar-refractivity contribution is 8.11. The predicted molar refractivity (Wildman–Crippen MR) is 74.0 cm³/mol. The third-order valence-corrected chi connectivity index (χ3v) is 6.14. The van der Waals surface area contributed by atoms with Crippen LogP contribution in [0.1, 0.15) is 18.4 Å². The van der Waals surface area contributed by atoms with Crippen LogP contribution in [0.4, 0.5) is 0 Å². The minimum Gasteiger partial charge on any atom is -0.258 e. The first kappa shape index (κ1) is 11.9. The molecular weight excluding hydrogens is 236 g/mol. The van der Waals surface area contributed by atoms with E-state index in [0.717, 1.165) is 24.3 Å². The van der Waals surface area contributed by atoms with Crippen molar-refractivity contribution in [1.82, 2.24) is 0 Å². The summed E-state index contributed by atoms with van der Waals surface area (Å²) in [5, 5.41) is 0. The van der Waals surface area contributed by atoms with Crippen molar-refractivity contribution >= 4 is 28.6 Å². The molecule has 0 bridgehead atoms. The fourth-order valence-corrected chi connectivity index (χ4v) is 4.88. The number of allylic oxidation sites excluding steroid dienone is 1. The maximum Gasteiger partial charge on any atom is 0.0835 e. The lowest BCUT2D eigenvalue weighted by atomic mass is 10.2. The van der Waals surface area contributed by atoms with Gasteiger partial charge in [-0.1, -0.05) is 42.5 Å². The smallest absolute Gasteiger partial charge is 0.0835 e. The summed E-state index contributed by atoms with van der Waals surface area (Å²) in [5.41, 5.74) is 1.22. The van der Waals surface area contributed by atoms with Crippen LogP contribution >= 0.6 is 11.8 Å². The molecule has 1 unspecified atom stereocenters. The van der Waals surface area contributed by atoms with E-state index in [2.05, 4.69) is 24.3 Å². The van der Waals surface area contributed by atoms with Crippen LogP contribution in [0.2, 0.25) is 0 Å². The van der Waals surface area contributed by atoms with E-state index in [9.17, 15) is 4.21 Å². The molecule has 86 valence electrons. The summed E-state index contributed by atoms with van der Waals surface area (Å²) >= 11 is 1.86. The Morgan fingerprint density at radius 3 is 2.94 bits per heavy atom. The zero-order chi connectivity index (χ0) is 11.2. The summed E-state index contributed by atoms with van der Waals surface area (Å²) < 4.78 is 12.0. The molecule has 0 radical (unpaired) electrons. The van der Waals surface area contributed by atoms with Crippen LogP contribution in [0, 0.1) is 0 Å². The number of hydrogen-bond acceptors (Lipinski definition) is 2. The highest BCUT2D eigenvalue weighted by Gasteiger charge is 2.19. The van der Waals surface area contributed by atoms with Crippen molar-refractivity contribution in [3.05, 3.63) is 42.0 Å². The molecule has 1 aliphatic heterocycles. The molecule has 1 fully saturated rings. The van der Waals surface area contributed by atoms with Gasteiger partial charge in [0.1, 0.15) is 0 Å². The SMILES string of the molecule is O=S1CCCS[C@@H]1C/C=C/c1ccccc1. The van der Waals surface area contributed by atoms with Gasteiger partial charge >= 0.3 is 0 Å². The third-order valence-electron chi connectivity index (χ3n) is 2.53. The lowest BCUT2D eigenvalue weighted by Gasteiger charge is -2.19. The lowest BCUT2D eigenvalue weighted by Crippen LogP contribution is -2.19. The Morgan fingerprint density at radius 2 is 2.19 bits per heavy atom. The zero-order valence-electron chi connectivity index (χ0n) is 9.17. The summed E-state index contributed by atoms with van der Waals surface area (Å²) in [4.78, 5) is 0. The van der Waals surface area contributed by atoms with Crippen LogP contribution in [-0.2, 0) is 10.8 Å². The van der Waals surface area contributed by atoms with Crippen LogP contribution in [0.15, 0.2) is 36.4 Å². The van der Waals surface area contributed by atoms with Crippen molar-refractivity contribution < 1.29 is 4.21 Å². The van der Waals surface area contributed by atoms with Crippen LogP contribution < -0.4 is 0 Å². The van der Waals surface area contributed by atoms with Crippen molar-refractivity contribution in [2.24, 2.45) is 0 Å². The average molecular weight is 252 g/mol. The summed E-state index contributed by atoms with van der Waals surface area (Å²) in [6.07, 6.45) is 6.30. The van der Waals surface area contributed by atoms with Crippen LogP contribution in [-0.4, -0.2) is 20.3 Å². The normalized spacial score (nSPS) is 26.0. The number of thioether (sulfide) groups is 1. The van der Waals surface area contributed by atoms with Crippen molar-refractivity contribution in [3.63, 3.8) is 0 Å². The summed E-state index contributed by atoms with van der Waals surface area (Å²) in [6, 6.07) is 10.3. The van der Waals surface area contributed by atoms with Crippen molar-refractivity contribution in [2.45, 2.75) is 17.4 Å². The van der Waals surface area contributed by atoms with Gasteiger partial charge in [-0.3, -0.25) is 4.21 Å². The first-order valence-electron chi connectivity index (χ1n) is 5.56. The second-order valence-electron chi connectivity index (χ2n) is 3.79. The molecule has 1 heterocycles. The minimum atomic E-state index is -0.624. The molecular formula is C13H16OS2. The van der Waals surface area contributed by atoms with E-state index < -0.39 is 10.8 Å². The van der Waals surface area contributed by atoms with Crippen LogP contribution in [0.3, 0.4) is 0 Å². The van der Waals surface area contributed by atoms with Crippen LogP contribution in [0.25, 0.3) is 6.08 Å². The molecule has 1 saturated heterocycles. The van der Waals surface area contributed by atoms with Gasteiger partial charge in [0.05, 0.1) is 4.58 Å². The Labute approximate surface area is 104 Å². The number of rotatable bonds is 3. The van der Waals surface area contributed by atoms with Crippen molar-refractivity contribution in [1.29, 1.82) is 0 Å². The van der Waals surface area contributed by atoms with Gasteiger partial charge < -0.3 is 0 Å². The van der Waals surface area contributed by atoms with E-state index in [1.54, 1.807) is 0 Å². The molecule has 2 atom stereocenters. The summed E-state index contributed by atoms with van der Waals surface area (Å²) in [6.45, 7) is 0. The number of benzene rings is 1. The molecule has 0 aromatic heterocycles. The fraction of sp³-hybridized carbons (Fsp3) is 0.385. The first-order valence-corrected chi connectivity index (χ1v) is 8.00. The largest absolute Gasteiger partial charge is 0.258 e. The Kier molecular flexibility index (Phi) is 4.67. The lowest BCUT2D eigenvalue weighted by molar-refractivity contribution is 0.678. The van der Waals surface area contributed by atoms with Crippen molar-refractivity contribution in [3.8, 4) is 0 Å². The maximum atomic E-state index is 11.7. The molecule has 1 nitrogen and oxygen atoms in total. The molecule has 0 aliphatic carbocycles. The first-order chi connectivity index (χ1) is 7.86. The molecule has 0 N–H and O–H groups in total. The third kappa shape index (κ3) is 3.49. The predicted octanol–water partition coefficient (Wildman–Crippen LogP) is 3.30. The van der Waals surface area contributed by atoms with Gasteiger partial charge in [0.15, 0.2) is 0 Å². The van der Waals surface area contributed by atoms with E-state index in [1.165, 1.54) is 5.56 Å². The molecule has 1 aliphatic rings. The maximum absolute atomic E-state index is 11.7. The summed E-state index contributed by atoms with van der Waals surface area (Å²) in [5.74, 6) is 2.05. The van der Waals surface area contributed by atoms with Gasteiger partial charge in [0, 0.05) is 16.6 Å². The molecule has 0 saturated carbocycles.